The van der Waals surface area contributed by atoms with Crippen molar-refractivity contribution in [2.75, 3.05) is 22.6 Å². The summed E-state index contributed by atoms with van der Waals surface area (Å²) >= 11 is 5.93. The maximum Gasteiger partial charge on any atom is 0.258 e. The average molecular weight is 437 g/mol. The Hall–Kier alpha value is -3.71. The lowest BCUT2D eigenvalue weighted by Gasteiger charge is -2.17. The van der Waals surface area contributed by atoms with Crippen molar-refractivity contribution in [1.29, 1.82) is 0 Å². The number of carbonyl (C=O) groups excluding carboxylic acids is 3. The Kier molecular flexibility index (Phi) is 6.99. The summed E-state index contributed by atoms with van der Waals surface area (Å²) in [5, 5.41) is 5.87. The quantitative estimate of drug-likeness (QED) is 0.590. The Bertz CT molecular complexity index is 1120. The molecule has 1 heterocycles. The van der Waals surface area contributed by atoms with Gasteiger partial charge < -0.3 is 15.5 Å². The molecule has 0 atom stereocenters. The third kappa shape index (κ3) is 5.46. The fourth-order valence-electron chi connectivity index (χ4n) is 2.86. The first kappa shape index (κ1) is 22.0. The summed E-state index contributed by atoms with van der Waals surface area (Å²) in [6.07, 6.45) is 1.88. The van der Waals surface area contributed by atoms with Crippen LogP contribution in [0.1, 0.15) is 34.1 Å². The van der Waals surface area contributed by atoms with Gasteiger partial charge in [-0.25, -0.2) is 4.98 Å². The van der Waals surface area contributed by atoms with Crippen LogP contribution in [0, 0.1) is 0 Å². The molecular formula is C23H21ClN4O3. The van der Waals surface area contributed by atoms with Crippen molar-refractivity contribution in [2.24, 2.45) is 0 Å². The van der Waals surface area contributed by atoms with Gasteiger partial charge in [0.25, 0.3) is 11.8 Å². The second-order valence-corrected chi connectivity index (χ2v) is 7.10. The average Bonchev–Trinajstić information content (AvgIpc) is 2.78. The number of anilines is 3. The number of pyridine rings is 1. The number of carbonyl (C=O) groups is 3. The first-order valence-corrected chi connectivity index (χ1v) is 9.96. The van der Waals surface area contributed by atoms with Crippen molar-refractivity contribution in [3.63, 3.8) is 0 Å². The van der Waals surface area contributed by atoms with Crippen LogP contribution in [0.25, 0.3) is 0 Å². The number of benzene rings is 2. The second kappa shape index (κ2) is 9.86. The molecule has 2 aromatic carbocycles. The van der Waals surface area contributed by atoms with E-state index in [0.717, 1.165) is 0 Å². The fourth-order valence-corrected chi connectivity index (χ4v) is 3.02. The van der Waals surface area contributed by atoms with Crippen molar-refractivity contribution in [3.8, 4) is 0 Å². The summed E-state index contributed by atoms with van der Waals surface area (Å²) < 4.78 is 0. The van der Waals surface area contributed by atoms with Crippen molar-refractivity contribution < 1.29 is 14.4 Å². The molecule has 2 N–H and O–H groups in total. The summed E-state index contributed by atoms with van der Waals surface area (Å²) in [4.78, 5) is 42.8. The van der Waals surface area contributed by atoms with Crippen LogP contribution >= 0.6 is 11.6 Å². The minimum absolute atomic E-state index is 0.0219. The number of halogens is 1. The maximum absolute atomic E-state index is 12.7. The number of rotatable bonds is 6. The molecule has 3 rings (SSSR count). The normalized spacial score (nSPS) is 10.3. The molecule has 8 heteroatoms. The zero-order valence-corrected chi connectivity index (χ0v) is 17.8. The van der Waals surface area contributed by atoms with Gasteiger partial charge in [0.15, 0.2) is 0 Å². The minimum Gasteiger partial charge on any atom is -0.321 e. The number of nitrogens with zero attached hydrogens (tertiary/aromatic N) is 2. The third-order valence-electron chi connectivity index (χ3n) is 4.58. The van der Waals surface area contributed by atoms with E-state index in [2.05, 4.69) is 15.6 Å². The summed E-state index contributed by atoms with van der Waals surface area (Å²) in [6.45, 7) is 1.79. The molecule has 0 bridgehead atoms. The number of para-hydroxylation sites is 1. The Morgan fingerprint density at radius 1 is 0.968 bits per heavy atom. The zero-order chi connectivity index (χ0) is 22.4. The molecular weight excluding hydrogens is 416 g/mol. The Morgan fingerprint density at radius 2 is 1.68 bits per heavy atom. The number of nitrogens with one attached hydrogen (secondary N) is 2. The molecule has 0 aliphatic rings. The van der Waals surface area contributed by atoms with Gasteiger partial charge in [0, 0.05) is 35.9 Å². The van der Waals surface area contributed by atoms with Gasteiger partial charge in [-0.2, -0.15) is 0 Å². The molecule has 0 saturated heterocycles. The van der Waals surface area contributed by atoms with Crippen LogP contribution in [-0.4, -0.2) is 29.8 Å². The van der Waals surface area contributed by atoms with Gasteiger partial charge in [0.2, 0.25) is 5.91 Å². The van der Waals surface area contributed by atoms with E-state index >= 15 is 0 Å². The Balaban J connectivity index is 1.75. The van der Waals surface area contributed by atoms with Crippen molar-refractivity contribution in [2.45, 2.75) is 13.3 Å². The lowest BCUT2D eigenvalue weighted by atomic mass is 10.1. The van der Waals surface area contributed by atoms with Crippen LogP contribution in [0.4, 0.5) is 17.2 Å². The number of aromatic nitrogens is 1. The van der Waals surface area contributed by atoms with Gasteiger partial charge in [-0.05, 0) is 48.5 Å². The highest BCUT2D eigenvalue weighted by molar-refractivity contribution is 6.30. The molecule has 0 aliphatic carbocycles. The predicted octanol–water partition coefficient (Wildman–Crippen LogP) is 4.61. The topological polar surface area (TPSA) is 91.4 Å². The van der Waals surface area contributed by atoms with Crippen LogP contribution < -0.4 is 15.5 Å². The molecule has 0 saturated carbocycles. The molecule has 1 aromatic heterocycles. The molecule has 0 fully saturated rings. The second-order valence-electron chi connectivity index (χ2n) is 6.67. The smallest absolute Gasteiger partial charge is 0.258 e. The minimum atomic E-state index is -0.430. The van der Waals surface area contributed by atoms with Gasteiger partial charge in [-0.15, -0.1) is 0 Å². The Morgan fingerprint density at radius 3 is 2.35 bits per heavy atom. The van der Waals surface area contributed by atoms with Gasteiger partial charge in [-0.3, -0.25) is 14.4 Å². The lowest BCUT2D eigenvalue weighted by molar-refractivity contribution is -0.118. The van der Waals surface area contributed by atoms with Gasteiger partial charge in [0.1, 0.15) is 5.82 Å². The summed E-state index contributed by atoms with van der Waals surface area (Å²) in [5.41, 5.74) is 1.72. The molecule has 0 unspecified atom stereocenters. The largest absolute Gasteiger partial charge is 0.321 e. The summed E-state index contributed by atoms with van der Waals surface area (Å²) in [7, 11) is 1.69. The summed E-state index contributed by atoms with van der Waals surface area (Å²) in [6, 6.07) is 16.5. The SMILES string of the molecule is CCC(=O)N(C)c1ccc(C(=O)Nc2ccccc2C(=O)Nc2cc(Cl)ccn2)cc1. The lowest BCUT2D eigenvalue weighted by Crippen LogP contribution is -2.25. The van der Waals surface area contributed by atoms with E-state index in [-0.39, 0.29) is 17.4 Å². The van der Waals surface area contributed by atoms with E-state index in [1.807, 2.05) is 0 Å². The first-order chi connectivity index (χ1) is 14.9. The number of hydrogen-bond acceptors (Lipinski definition) is 4. The van der Waals surface area contributed by atoms with Crippen LogP contribution in [0.15, 0.2) is 66.9 Å². The third-order valence-corrected chi connectivity index (χ3v) is 4.81. The van der Waals surface area contributed by atoms with Crippen molar-refractivity contribution >= 4 is 46.5 Å². The zero-order valence-electron chi connectivity index (χ0n) is 17.1. The van der Waals surface area contributed by atoms with Crippen molar-refractivity contribution in [3.05, 3.63) is 83.0 Å². The Labute approximate surface area is 185 Å². The number of amides is 3. The highest BCUT2D eigenvalue weighted by Gasteiger charge is 2.15. The van der Waals surface area contributed by atoms with Gasteiger partial charge in [-0.1, -0.05) is 30.7 Å². The fraction of sp³-hybridized carbons (Fsp3) is 0.130. The maximum atomic E-state index is 12.7. The molecule has 3 aromatic rings. The van der Waals surface area contributed by atoms with E-state index in [1.165, 1.54) is 17.2 Å². The highest BCUT2D eigenvalue weighted by Crippen LogP contribution is 2.20. The van der Waals surface area contributed by atoms with E-state index in [1.54, 1.807) is 68.6 Å². The summed E-state index contributed by atoms with van der Waals surface area (Å²) in [5.74, 6) is -0.524. The standard InChI is InChI=1S/C23H21ClN4O3/c1-3-21(29)28(2)17-10-8-15(9-11-17)22(30)26-19-7-5-4-6-18(19)23(31)27-20-14-16(24)12-13-25-20/h4-14H,3H2,1-2H3,(H,26,30)(H,25,27,31). The molecule has 3 amide bonds. The van der Waals surface area contributed by atoms with Gasteiger partial charge in [0.05, 0.1) is 11.3 Å². The van der Waals surface area contributed by atoms with Crippen LogP contribution in [0.2, 0.25) is 5.02 Å². The molecule has 31 heavy (non-hydrogen) atoms. The molecule has 0 aliphatic heterocycles. The number of hydrogen-bond donors (Lipinski definition) is 2. The van der Waals surface area contributed by atoms with E-state index in [9.17, 15) is 14.4 Å². The predicted molar refractivity (Wildman–Crippen MR) is 122 cm³/mol. The van der Waals surface area contributed by atoms with Crippen molar-refractivity contribution in [1.82, 2.24) is 4.98 Å². The van der Waals surface area contributed by atoms with E-state index < -0.39 is 5.91 Å². The van der Waals surface area contributed by atoms with Crippen LogP contribution in [0.5, 0.6) is 0 Å². The highest BCUT2D eigenvalue weighted by atomic mass is 35.5. The van der Waals surface area contributed by atoms with Gasteiger partial charge >= 0.3 is 0 Å². The molecule has 158 valence electrons. The monoisotopic (exact) mass is 436 g/mol. The van der Waals surface area contributed by atoms with Crippen LogP contribution in [-0.2, 0) is 4.79 Å². The molecule has 0 spiro atoms. The first-order valence-electron chi connectivity index (χ1n) is 9.59. The molecule has 0 radical (unpaired) electrons. The molecule has 7 nitrogen and oxygen atoms in total. The van der Waals surface area contributed by atoms with E-state index in [4.69, 9.17) is 11.6 Å². The van der Waals surface area contributed by atoms with E-state index in [0.29, 0.717) is 34.2 Å². The van der Waals surface area contributed by atoms with Crippen LogP contribution in [0.3, 0.4) is 0 Å².